The summed E-state index contributed by atoms with van der Waals surface area (Å²) in [6.45, 7) is 2.50. The molecule has 0 aromatic heterocycles. The largest absolute Gasteiger partial charge is 1.00 e. The Balaban J connectivity index is 0. The Morgan fingerprint density at radius 2 is 2.22 bits per heavy atom. The van der Waals surface area contributed by atoms with E-state index in [0.717, 1.165) is 12.8 Å². The van der Waals surface area contributed by atoms with Gasteiger partial charge < -0.3 is 9.84 Å². The van der Waals surface area contributed by atoms with E-state index in [2.05, 4.69) is 17.0 Å². The molecular weight excluding hydrogens is 147 g/mol. The van der Waals surface area contributed by atoms with Crippen LogP contribution >= 0.6 is 12.2 Å². The Hall–Kier alpha value is 0.690. The normalized spacial score (nSPS) is 7.67. The minimum atomic E-state index is -0.599. The molecule has 0 aliphatic rings. The van der Waals surface area contributed by atoms with Crippen LogP contribution in [0.4, 0.5) is 0 Å². The zero-order valence-electron chi connectivity index (χ0n) is 5.85. The molecule has 48 valence electrons. The maximum atomic E-state index is 9.91. The second kappa shape index (κ2) is 8.69. The molecule has 0 spiro atoms. The van der Waals surface area contributed by atoms with E-state index in [4.69, 9.17) is 0 Å². The quantitative estimate of drug-likeness (QED) is 0.256. The van der Waals surface area contributed by atoms with E-state index < -0.39 is 5.24 Å². The van der Waals surface area contributed by atoms with Crippen LogP contribution in [0.15, 0.2) is 0 Å². The number of unbranched alkanes of at least 4 members (excludes halogenated alkanes) is 1. The van der Waals surface area contributed by atoms with Crippen molar-refractivity contribution in [1.82, 2.24) is 0 Å². The van der Waals surface area contributed by atoms with Crippen molar-refractivity contribution >= 4 is 17.5 Å². The maximum Gasteiger partial charge on any atom is 1.00 e. The summed E-state index contributed by atoms with van der Waals surface area (Å²) in [6, 6.07) is 0. The summed E-state index contributed by atoms with van der Waals surface area (Å²) in [5.74, 6) is 0. The number of ether oxygens (including phenoxy) is 1. The standard InChI is InChI=1S/C5H10O2S.Na/c1-2-3-4-7-5(6)8;/h2-4H2,1H3,(H,6,8);/q;+1/p-1. The average Bonchev–Trinajstić information content (AvgIpc) is 1.66. The van der Waals surface area contributed by atoms with Gasteiger partial charge in [0.2, 0.25) is 0 Å². The Morgan fingerprint density at radius 3 is 2.56 bits per heavy atom. The second-order valence-corrected chi connectivity index (χ2v) is 1.79. The molecule has 0 aliphatic heterocycles. The third-order valence-electron chi connectivity index (χ3n) is 0.718. The molecule has 0 fully saturated rings. The van der Waals surface area contributed by atoms with Crippen LogP contribution in [0.1, 0.15) is 19.8 Å². The average molecular weight is 156 g/mol. The molecule has 0 N–H and O–H groups in total. The van der Waals surface area contributed by atoms with E-state index in [1.807, 2.05) is 6.92 Å². The van der Waals surface area contributed by atoms with Crippen molar-refractivity contribution in [2.75, 3.05) is 6.61 Å². The Bertz CT molecular complexity index is 77.4. The third-order valence-corrected chi connectivity index (χ3v) is 0.836. The summed E-state index contributed by atoms with van der Waals surface area (Å²) in [5.41, 5.74) is 0. The van der Waals surface area contributed by atoms with Crippen molar-refractivity contribution in [3.8, 4) is 0 Å². The topological polar surface area (TPSA) is 32.3 Å². The first-order valence-electron chi connectivity index (χ1n) is 2.61. The molecular formula is C5H9NaO2S. The minimum Gasteiger partial charge on any atom is -0.606 e. The molecule has 0 bridgehead atoms. The summed E-state index contributed by atoms with van der Waals surface area (Å²) in [6.07, 6.45) is 1.94. The van der Waals surface area contributed by atoms with Crippen molar-refractivity contribution in [1.29, 1.82) is 0 Å². The second-order valence-electron chi connectivity index (χ2n) is 1.45. The SMILES string of the molecule is CCCCOC([O-])=S.[Na+]. The Morgan fingerprint density at radius 1 is 1.67 bits per heavy atom. The molecule has 0 heterocycles. The molecule has 2 nitrogen and oxygen atoms in total. The van der Waals surface area contributed by atoms with E-state index in [1.54, 1.807) is 0 Å². The maximum absolute atomic E-state index is 9.91. The van der Waals surface area contributed by atoms with Crippen LogP contribution in [0.2, 0.25) is 0 Å². The zero-order valence-corrected chi connectivity index (χ0v) is 8.66. The third kappa shape index (κ3) is 12.0. The zero-order chi connectivity index (χ0) is 6.41. The molecule has 0 unspecified atom stereocenters. The van der Waals surface area contributed by atoms with Gasteiger partial charge in [0.25, 0.3) is 0 Å². The number of thiocarbonyl (C=S) groups is 1. The monoisotopic (exact) mass is 156 g/mol. The van der Waals surface area contributed by atoms with Crippen LogP contribution in [0.3, 0.4) is 0 Å². The number of rotatable bonds is 3. The van der Waals surface area contributed by atoms with E-state index in [-0.39, 0.29) is 29.6 Å². The van der Waals surface area contributed by atoms with Gasteiger partial charge in [-0.1, -0.05) is 25.6 Å². The molecule has 0 amide bonds. The van der Waals surface area contributed by atoms with Gasteiger partial charge in [0.1, 0.15) is 5.24 Å². The van der Waals surface area contributed by atoms with Crippen LogP contribution in [-0.2, 0) is 4.74 Å². The first-order chi connectivity index (χ1) is 3.77. The van der Waals surface area contributed by atoms with Crippen molar-refractivity contribution in [2.24, 2.45) is 0 Å². The predicted molar refractivity (Wildman–Crippen MR) is 33.5 cm³/mol. The summed E-state index contributed by atoms with van der Waals surface area (Å²) >= 11 is 4.13. The van der Waals surface area contributed by atoms with Gasteiger partial charge in [-0.3, -0.25) is 0 Å². The fourth-order valence-electron chi connectivity index (χ4n) is 0.300. The fourth-order valence-corrected chi connectivity index (χ4v) is 0.383. The van der Waals surface area contributed by atoms with Crippen molar-refractivity contribution < 1.29 is 39.4 Å². The van der Waals surface area contributed by atoms with Crippen molar-refractivity contribution in [3.63, 3.8) is 0 Å². The van der Waals surface area contributed by atoms with Crippen molar-refractivity contribution in [2.45, 2.75) is 19.8 Å². The van der Waals surface area contributed by atoms with Gasteiger partial charge in [0, 0.05) is 0 Å². The molecule has 0 aromatic rings. The van der Waals surface area contributed by atoms with E-state index >= 15 is 0 Å². The van der Waals surface area contributed by atoms with Crippen LogP contribution in [-0.4, -0.2) is 11.8 Å². The van der Waals surface area contributed by atoms with Gasteiger partial charge in [-0.2, -0.15) is 0 Å². The van der Waals surface area contributed by atoms with Crippen LogP contribution in [0, 0.1) is 0 Å². The number of hydrogen-bond acceptors (Lipinski definition) is 3. The Kier molecular flexibility index (Phi) is 11.9. The first-order valence-corrected chi connectivity index (χ1v) is 3.02. The summed E-state index contributed by atoms with van der Waals surface area (Å²) in [7, 11) is 0. The van der Waals surface area contributed by atoms with Crippen LogP contribution < -0.4 is 34.7 Å². The summed E-state index contributed by atoms with van der Waals surface area (Å²) in [4.78, 5) is 0. The van der Waals surface area contributed by atoms with Gasteiger partial charge in [0.05, 0.1) is 0 Å². The molecule has 0 aromatic carbocycles. The summed E-state index contributed by atoms with van der Waals surface area (Å²) < 4.78 is 4.46. The smallest absolute Gasteiger partial charge is 0.606 e. The van der Waals surface area contributed by atoms with Gasteiger partial charge >= 0.3 is 29.6 Å². The molecule has 0 saturated carbocycles. The van der Waals surface area contributed by atoms with Gasteiger partial charge in [-0.15, -0.1) is 0 Å². The van der Waals surface area contributed by atoms with Crippen LogP contribution in [0.25, 0.3) is 0 Å². The number of hydrogen-bond donors (Lipinski definition) is 0. The van der Waals surface area contributed by atoms with E-state index in [0.29, 0.717) is 6.61 Å². The molecule has 0 saturated heterocycles. The van der Waals surface area contributed by atoms with Crippen molar-refractivity contribution in [3.05, 3.63) is 0 Å². The van der Waals surface area contributed by atoms with E-state index in [9.17, 15) is 5.11 Å². The van der Waals surface area contributed by atoms with Gasteiger partial charge in [-0.05, 0) is 13.0 Å². The molecule has 9 heavy (non-hydrogen) atoms. The van der Waals surface area contributed by atoms with Crippen LogP contribution in [0.5, 0.6) is 0 Å². The Labute approximate surface area is 82.9 Å². The fraction of sp³-hybridized carbons (Fsp3) is 0.800. The summed E-state index contributed by atoms with van der Waals surface area (Å²) in [5, 5.41) is 9.31. The predicted octanol–water partition coefficient (Wildman–Crippen LogP) is -2.55. The molecule has 0 rings (SSSR count). The first kappa shape index (κ1) is 12.4. The molecule has 4 heteroatoms. The molecule has 0 aliphatic carbocycles. The molecule has 0 radical (unpaired) electrons. The van der Waals surface area contributed by atoms with E-state index in [1.165, 1.54) is 0 Å². The van der Waals surface area contributed by atoms with Gasteiger partial charge in [0.15, 0.2) is 0 Å². The molecule has 0 atom stereocenters. The minimum absolute atomic E-state index is 0. The van der Waals surface area contributed by atoms with Gasteiger partial charge in [-0.25, -0.2) is 0 Å².